The van der Waals surface area contributed by atoms with Gasteiger partial charge >= 0.3 is 0 Å². The Bertz CT molecular complexity index is 147. The largest absolute Gasteiger partial charge is 0.394 e. The lowest BCUT2D eigenvalue weighted by Gasteiger charge is -2.26. The molecule has 1 N–H and O–H groups in total. The molecule has 4 heteroatoms. The van der Waals surface area contributed by atoms with E-state index < -0.39 is 5.79 Å². The fraction of sp³-hybridized carbons (Fsp3) is 1.00. The van der Waals surface area contributed by atoms with Crippen molar-refractivity contribution in [3.05, 3.63) is 0 Å². The standard InChI is InChI=1S/C10H22O4/c1-8(6-11)14-9(2)7-13-10(3,4)12-5/h8-9,11H,6-7H2,1-5H3. The van der Waals surface area contributed by atoms with Crippen LogP contribution in [0.2, 0.25) is 0 Å². The van der Waals surface area contributed by atoms with Crippen LogP contribution in [0.1, 0.15) is 27.7 Å². The van der Waals surface area contributed by atoms with Gasteiger partial charge in [0.15, 0.2) is 5.79 Å². The molecular formula is C10H22O4. The molecule has 0 bridgehead atoms. The summed E-state index contributed by atoms with van der Waals surface area (Å²) in [4.78, 5) is 0. The van der Waals surface area contributed by atoms with Crippen LogP contribution in [0.15, 0.2) is 0 Å². The lowest BCUT2D eigenvalue weighted by atomic mass is 10.3. The van der Waals surface area contributed by atoms with E-state index in [-0.39, 0.29) is 18.8 Å². The van der Waals surface area contributed by atoms with Gasteiger partial charge in [-0.25, -0.2) is 0 Å². The molecule has 0 rings (SSSR count). The average molecular weight is 206 g/mol. The maximum absolute atomic E-state index is 8.77. The van der Waals surface area contributed by atoms with Crippen LogP contribution in [0.3, 0.4) is 0 Å². The zero-order chi connectivity index (χ0) is 11.2. The molecule has 0 fully saturated rings. The van der Waals surface area contributed by atoms with Crippen LogP contribution >= 0.6 is 0 Å². The Kier molecular flexibility index (Phi) is 6.27. The van der Waals surface area contributed by atoms with Crippen molar-refractivity contribution in [3.63, 3.8) is 0 Å². The van der Waals surface area contributed by atoms with Gasteiger partial charge in [-0.2, -0.15) is 0 Å². The maximum atomic E-state index is 8.77. The van der Waals surface area contributed by atoms with Crippen LogP contribution in [0.5, 0.6) is 0 Å². The first-order valence-electron chi connectivity index (χ1n) is 4.86. The van der Waals surface area contributed by atoms with Crippen molar-refractivity contribution in [2.24, 2.45) is 0 Å². The average Bonchev–Trinajstić information content (AvgIpc) is 2.15. The highest BCUT2D eigenvalue weighted by Crippen LogP contribution is 2.10. The first-order chi connectivity index (χ1) is 6.41. The Morgan fingerprint density at radius 2 is 1.79 bits per heavy atom. The fourth-order valence-corrected chi connectivity index (χ4v) is 0.856. The highest BCUT2D eigenvalue weighted by atomic mass is 16.7. The van der Waals surface area contributed by atoms with Crippen molar-refractivity contribution in [3.8, 4) is 0 Å². The molecule has 2 atom stereocenters. The zero-order valence-corrected chi connectivity index (χ0v) is 9.74. The molecule has 86 valence electrons. The fourth-order valence-electron chi connectivity index (χ4n) is 0.856. The smallest absolute Gasteiger partial charge is 0.162 e. The van der Waals surface area contributed by atoms with E-state index in [2.05, 4.69) is 0 Å². The Morgan fingerprint density at radius 1 is 1.21 bits per heavy atom. The number of aliphatic hydroxyl groups is 1. The predicted molar refractivity (Wildman–Crippen MR) is 54.1 cm³/mol. The topological polar surface area (TPSA) is 47.9 Å². The highest BCUT2D eigenvalue weighted by molar-refractivity contribution is 4.57. The molecule has 0 aliphatic carbocycles. The molecule has 0 aliphatic rings. The van der Waals surface area contributed by atoms with E-state index in [1.807, 2.05) is 27.7 Å². The molecule has 14 heavy (non-hydrogen) atoms. The minimum absolute atomic E-state index is 0.0258. The Labute approximate surface area is 86.2 Å². The summed E-state index contributed by atoms with van der Waals surface area (Å²) >= 11 is 0. The van der Waals surface area contributed by atoms with Gasteiger partial charge in [-0.05, 0) is 27.7 Å². The first kappa shape index (κ1) is 13.8. The molecule has 0 aromatic rings. The summed E-state index contributed by atoms with van der Waals surface area (Å²) in [5, 5.41) is 8.77. The lowest BCUT2D eigenvalue weighted by Crippen LogP contribution is -2.32. The van der Waals surface area contributed by atoms with Gasteiger partial charge in [0.1, 0.15) is 0 Å². The Hall–Kier alpha value is -0.160. The van der Waals surface area contributed by atoms with Crippen molar-refractivity contribution >= 4 is 0 Å². The van der Waals surface area contributed by atoms with Gasteiger partial charge in [0, 0.05) is 7.11 Å². The Balaban J connectivity index is 3.68. The molecule has 0 aromatic carbocycles. The second-order valence-corrected chi connectivity index (χ2v) is 3.85. The number of hydrogen-bond donors (Lipinski definition) is 1. The van der Waals surface area contributed by atoms with Crippen molar-refractivity contribution in [1.29, 1.82) is 0 Å². The summed E-state index contributed by atoms with van der Waals surface area (Å²) in [6.45, 7) is 7.88. The summed E-state index contributed by atoms with van der Waals surface area (Å²) in [7, 11) is 1.60. The third-order valence-corrected chi connectivity index (χ3v) is 1.88. The van der Waals surface area contributed by atoms with Crippen molar-refractivity contribution in [2.75, 3.05) is 20.3 Å². The second-order valence-electron chi connectivity index (χ2n) is 3.85. The van der Waals surface area contributed by atoms with E-state index in [1.165, 1.54) is 0 Å². The quantitative estimate of drug-likeness (QED) is 0.635. The molecule has 2 unspecified atom stereocenters. The second kappa shape index (κ2) is 6.35. The minimum atomic E-state index is -0.583. The molecule has 0 saturated heterocycles. The number of rotatable bonds is 7. The molecule has 0 heterocycles. The number of aliphatic hydroxyl groups excluding tert-OH is 1. The summed E-state index contributed by atoms with van der Waals surface area (Å²) in [5.41, 5.74) is 0. The molecule has 0 amide bonds. The normalized spacial score (nSPS) is 16.7. The van der Waals surface area contributed by atoms with E-state index in [9.17, 15) is 0 Å². The van der Waals surface area contributed by atoms with Gasteiger partial charge < -0.3 is 19.3 Å². The number of hydrogen-bond acceptors (Lipinski definition) is 4. The highest BCUT2D eigenvalue weighted by Gasteiger charge is 2.18. The summed E-state index contributed by atoms with van der Waals surface area (Å²) in [6, 6.07) is 0. The van der Waals surface area contributed by atoms with Gasteiger partial charge in [-0.1, -0.05) is 0 Å². The molecule has 0 aliphatic heterocycles. The summed E-state index contributed by atoms with van der Waals surface area (Å²) < 4.78 is 16.0. The van der Waals surface area contributed by atoms with Gasteiger partial charge in [0.2, 0.25) is 0 Å². The first-order valence-corrected chi connectivity index (χ1v) is 4.86. The van der Waals surface area contributed by atoms with E-state index in [0.717, 1.165) is 0 Å². The van der Waals surface area contributed by atoms with Gasteiger partial charge in [0.05, 0.1) is 25.4 Å². The van der Waals surface area contributed by atoms with Crippen molar-refractivity contribution < 1.29 is 19.3 Å². The zero-order valence-electron chi connectivity index (χ0n) is 9.74. The Morgan fingerprint density at radius 3 is 2.21 bits per heavy atom. The van der Waals surface area contributed by atoms with Gasteiger partial charge in [0.25, 0.3) is 0 Å². The van der Waals surface area contributed by atoms with Gasteiger partial charge in [-0.15, -0.1) is 0 Å². The van der Waals surface area contributed by atoms with E-state index >= 15 is 0 Å². The van der Waals surface area contributed by atoms with Crippen LogP contribution in [0.4, 0.5) is 0 Å². The van der Waals surface area contributed by atoms with E-state index in [1.54, 1.807) is 7.11 Å². The summed E-state index contributed by atoms with van der Waals surface area (Å²) in [6.07, 6.45) is -0.203. The minimum Gasteiger partial charge on any atom is -0.394 e. The van der Waals surface area contributed by atoms with E-state index in [0.29, 0.717) is 6.61 Å². The lowest BCUT2D eigenvalue weighted by molar-refractivity contribution is -0.214. The van der Waals surface area contributed by atoms with Crippen LogP contribution in [0, 0.1) is 0 Å². The maximum Gasteiger partial charge on any atom is 0.162 e. The molecular weight excluding hydrogens is 184 g/mol. The van der Waals surface area contributed by atoms with Crippen molar-refractivity contribution in [2.45, 2.75) is 45.7 Å². The van der Waals surface area contributed by atoms with Crippen LogP contribution in [0.25, 0.3) is 0 Å². The van der Waals surface area contributed by atoms with Crippen molar-refractivity contribution in [1.82, 2.24) is 0 Å². The molecule has 0 saturated carbocycles. The predicted octanol–water partition coefficient (Wildman–Crippen LogP) is 1.17. The van der Waals surface area contributed by atoms with E-state index in [4.69, 9.17) is 19.3 Å². The molecule has 0 spiro atoms. The third kappa shape index (κ3) is 6.32. The van der Waals surface area contributed by atoms with Crippen LogP contribution < -0.4 is 0 Å². The third-order valence-electron chi connectivity index (χ3n) is 1.88. The summed E-state index contributed by atoms with van der Waals surface area (Å²) in [5.74, 6) is -0.583. The van der Waals surface area contributed by atoms with Crippen LogP contribution in [-0.2, 0) is 14.2 Å². The number of ether oxygens (including phenoxy) is 3. The van der Waals surface area contributed by atoms with Crippen LogP contribution in [-0.4, -0.2) is 43.4 Å². The monoisotopic (exact) mass is 206 g/mol. The molecule has 0 aromatic heterocycles. The number of methoxy groups -OCH3 is 1. The molecule has 4 nitrogen and oxygen atoms in total. The SMILES string of the molecule is COC(C)(C)OCC(C)OC(C)CO. The molecule has 0 radical (unpaired) electrons. The van der Waals surface area contributed by atoms with Gasteiger partial charge in [-0.3, -0.25) is 0 Å².